The van der Waals surface area contributed by atoms with E-state index in [1.165, 1.54) is 0 Å². The molecule has 0 spiro atoms. The number of piperidine rings is 1. The number of aromatic nitrogens is 2. The highest BCUT2D eigenvalue weighted by atomic mass is 16.5. The third-order valence-electron chi connectivity index (χ3n) is 4.89. The summed E-state index contributed by atoms with van der Waals surface area (Å²) < 4.78 is 5.13. The van der Waals surface area contributed by atoms with E-state index in [2.05, 4.69) is 9.97 Å². The molecule has 136 valence electrons. The second kappa shape index (κ2) is 7.67. The highest BCUT2D eigenvalue weighted by molar-refractivity contribution is 5.87. The lowest BCUT2D eigenvalue weighted by Crippen LogP contribution is -2.56. The van der Waals surface area contributed by atoms with Gasteiger partial charge in [0.1, 0.15) is 6.04 Å². The SMILES string of the molecule is COc1ccnc(N2CCN(C(=O)C(C)N3CCCCC3=O)CC2)n1. The Kier molecular flexibility index (Phi) is 5.35. The Bertz CT molecular complexity index is 630. The fourth-order valence-electron chi connectivity index (χ4n) is 3.36. The van der Waals surface area contributed by atoms with Crippen LogP contribution in [0, 0.1) is 0 Å². The lowest BCUT2D eigenvalue weighted by molar-refractivity contribution is -0.146. The van der Waals surface area contributed by atoms with Crippen molar-refractivity contribution in [2.75, 3.05) is 44.7 Å². The molecule has 1 atom stereocenters. The summed E-state index contributed by atoms with van der Waals surface area (Å²) in [6, 6.07) is 1.33. The topological polar surface area (TPSA) is 78.9 Å². The predicted molar refractivity (Wildman–Crippen MR) is 92.4 cm³/mol. The maximum absolute atomic E-state index is 12.7. The number of hydrogen-bond acceptors (Lipinski definition) is 6. The maximum atomic E-state index is 12.7. The van der Waals surface area contributed by atoms with Crippen molar-refractivity contribution >= 4 is 17.8 Å². The Morgan fingerprint density at radius 3 is 2.64 bits per heavy atom. The third kappa shape index (κ3) is 3.83. The summed E-state index contributed by atoms with van der Waals surface area (Å²) >= 11 is 0. The summed E-state index contributed by atoms with van der Waals surface area (Å²) in [4.78, 5) is 39.0. The van der Waals surface area contributed by atoms with E-state index in [0.717, 1.165) is 12.8 Å². The molecule has 1 aromatic rings. The zero-order chi connectivity index (χ0) is 17.8. The number of ether oxygens (including phenoxy) is 1. The highest BCUT2D eigenvalue weighted by Crippen LogP contribution is 2.18. The van der Waals surface area contributed by atoms with E-state index < -0.39 is 0 Å². The molecule has 1 unspecified atom stereocenters. The number of nitrogens with zero attached hydrogens (tertiary/aromatic N) is 5. The first-order valence-electron chi connectivity index (χ1n) is 8.80. The molecule has 2 amide bonds. The Morgan fingerprint density at radius 1 is 1.20 bits per heavy atom. The van der Waals surface area contributed by atoms with Gasteiger partial charge in [-0.1, -0.05) is 0 Å². The minimum atomic E-state index is -0.382. The summed E-state index contributed by atoms with van der Waals surface area (Å²) in [5.41, 5.74) is 0. The predicted octanol–water partition coefficient (Wildman–Crippen LogP) is 0.535. The van der Waals surface area contributed by atoms with Gasteiger partial charge in [-0.05, 0) is 19.8 Å². The second-order valence-electron chi connectivity index (χ2n) is 6.43. The molecule has 0 saturated carbocycles. The molecule has 3 heterocycles. The standard InChI is InChI=1S/C17H25N5O3/c1-13(22-8-4-3-5-15(22)23)16(24)20-9-11-21(12-10-20)17-18-7-6-14(19-17)25-2/h6-7,13H,3-5,8-12H2,1-2H3. The smallest absolute Gasteiger partial charge is 0.245 e. The largest absolute Gasteiger partial charge is 0.481 e. The van der Waals surface area contributed by atoms with E-state index in [1.807, 2.05) is 16.7 Å². The van der Waals surface area contributed by atoms with Crippen LogP contribution in [0.25, 0.3) is 0 Å². The lowest BCUT2D eigenvalue weighted by atomic mass is 10.1. The van der Waals surface area contributed by atoms with Crippen molar-refractivity contribution in [1.29, 1.82) is 0 Å². The Hall–Kier alpha value is -2.38. The van der Waals surface area contributed by atoms with Crippen LogP contribution in [0.1, 0.15) is 26.2 Å². The van der Waals surface area contributed by atoms with Crippen molar-refractivity contribution < 1.29 is 14.3 Å². The number of hydrogen-bond donors (Lipinski definition) is 0. The molecule has 2 aliphatic heterocycles. The van der Waals surface area contributed by atoms with Crippen molar-refractivity contribution in [3.05, 3.63) is 12.3 Å². The van der Waals surface area contributed by atoms with Gasteiger partial charge in [0.2, 0.25) is 23.6 Å². The van der Waals surface area contributed by atoms with E-state index >= 15 is 0 Å². The van der Waals surface area contributed by atoms with Gasteiger partial charge in [0.15, 0.2) is 0 Å². The van der Waals surface area contributed by atoms with Crippen molar-refractivity contribution in [2.45, 2.75) is 32.2 Å². The molecule has 1 aromatic heterocycles. The molecular weight excluding hydrogens is 322 g/mol. The molecule has 0 radical (unpaired) electrons. The molecule has 25 heavy (non-hydrogen) atoms. The van der Waals surface area contributed by atoms with Crippen LogP contribution in [0.15, 0.2) is 12.3 Å². The van der Waals surface area contributed by atoms with Crippen LogP contribution in [0.2, 0.25) is 0 Å². The Balaban J connectivity index is 1.57. The number of amides is 2. The van der Waals surface area contributed by atoms with Crippen LogP contribution >= 0.6 is 0 Å². The molecule has 3 rings (SSSR count). The van der Waals surface area contributed by atoms with Gasteiger partial charge in [-0.25, -0.2) is 4.98 Å². The summed E-state index contributed by atoms with van der Waals surface area (Å²) in [6.45, 7) is 5.06. The Labute approximate surface area is 147 Å². The Morgan fingerprint density at radius 2 is 1.96 bits per heavy atom. The van der Waals surface area contributed by atoms with Gasteiger partial charge in [-0.15, -0.1) is 0 Å². The van der Waals surface area contributed by atoms with Crippen LogP contribution in [0.5, 0.6) is 5.88 Å². The lowest BCUT2D eigenvalue weighted by Gasteiger charge is -2.39. The zero-order valence-corrected chi connectivity index (χ0v) is 14.8. The van der Waals surface area contributed by atoms with Crippen molar-refractivity contribution in [3.63, 3.8) is 0 Å². The van der Waals surface area contributed by atoms with Crippen LogP contribution in [-0.4, -0.2) is 77.5 Å². The molecule has 0 aliphatic carbocycles. The van der Waals surface area contributed by atoms with Crippen LogP contribution in [-0.2, 0) is 9.59 Å². The van der Waals surface area contributed by atoms with E-state index in [4.69, 9.17) is 4.74 Å². The van der Waals surface area contributed by atoms with E-state index in [9.17, 15) is 9.59 Å². The molecule has 0 N–H and O–H groups in total. The molecule has 8 nitrogen and oxygen atoms in total. The molecule has 0 bridgehead atoms. The van der Waals surface area contributed by atoms with Crippen LogP contribution < -0.4 is 9.64 Å². The first-order chi connectivity index (χ1) is 12.1. The summed E-state index contributed by atoms with van der Waals surface area (Å²) in [6.07, 6.45) is 4.13. The number of anilines is 1. The quantitative estimate of drug-likeness (QED) is 0.791. The van der Waals surface area contributed by atoms with E-state index in [1.54, 1.807) is 24.3 Å². The van der Waals surface area contributed by atoms with Crippen LogP contribution in [0.4, 0.5) is 5.95 Å². The molecule has 0 aromatic carbocycles. The van der Waals surface area contributed by atoms with Crippen molar-refractivity contribution in [2.24, 2.45) is 0 Å². The number of carbonyl (C=O) groups excluding carboxylic acids is 2. The highest BCUT2D eigenvalue weighted by Gasteiger charge is 2.32. The monoisotopic (exact) mass is 347 g/mol. The summed E-state index contributed by atoms with van der Waals surface area (Å²) in [5.74, 6) is 1.27. The fraction of sp³-hybridized carbons (Fsp3) is 0.647. The average molecular weight is 347 g/mol. The number of methoxy groups -OCH3 is 1. The van der Waals surface area contributed by atoms with Gasteiger partial charge in [0.05, 0.1) is 7.11 Å². The second-order valence-corrected chi connectivity index (χ2v) is 6.43. The van der Waals surface area contributed by atoms with Gasteiger partial charge in [0.25, 0.3) is 0 Å². The van der Waals surface area contributed by atoms with E-state index in [-0.39, 0.29) is 17.9 Å². The summed E-state index contributed by atoms with van der Waals surface area (Å²) in [7, 11) is 1.58. The van der Waals surface area contributed by atoms with Gasteiger partial charge in [0, 0.05) is 51.4 Å². The maximum Gasteiger partial charge on any atom is 0.245 e. The van der Waals surface area contributed by atoms with E-state index in [0.29, 0.717) is 51.0 Å². The molecule has 2 fully saturated rings. The molecule has 2 aliphatic rings. The number of piperazine rings is 1. The van der Waals surface area contributed by atoms with Gasteiger partial charge >= 0.3 is 0 Å². The average Bonchev–Trinajstić information content (AvgIpc) is 2.67. The molecule has 2 saturated heterocycles. The van der Waals surface area contributed by atoms with Gasteiger partial charge in [-0.3, -0.25) is 9.59 Å². The summed E-state index contributed by atoms with van der Waals surface area (Å²) in [5, 5.41) is 0. The van der Waals surface area contributed by atoms with Gasteiger partial charge in [-0.2, -0.15) is 4.98 Å². The zero-order valence-electron chi connectivity index (χ0n) is 14.8. The number of likely N-dealkylation sites (tertiary alicyclic amines) is 1. The minimum Gasteiger partial charge on any atom is -0.481 e. The first-order valence-corrected chi connectivity index (χ1v) is 8.80. The van der Waals surface area contributed by atoms with Crippen molar-refractivity contribution in [3.8, 4) is 5.88 Å². The molecule has 8 heteroatoms. The minimum absolute atomic E-state index is 0.0291. The first kappa shape index (κ1) is 17.4. The molecular formula is C17H25N5O3. The normalized spacial score (nSPS) is 19.8. The fourth-order valence-corrected chi connectivity index (χ4v) is 3.36. The third-order valence-corrected chi connectivity index (χ3v) is 4.89. The van der Waals surface area contributed by atoms with Crippen LogP contribution in [0.3, 0.4) is 0 Å². The van der Waals surface area contributed by atoms with Gasteiger partial charge < -0.3 is 19.4 Å². The van der Waals surface area contributed by atoms with Crippen molar-refractivity contribution in [1.82, 2.24) is 19.8 Å². The number of carbonyl (C=O) groups is 2. The number of rotatable bonds is 4.